The summed E-state index contributed by atoms with van der Waals surface area (Å²) in [6, 6.07) is 0.469. The Hall–Kier alpha value is -1.27. The average molecular weight is 309 g/mol. The van der Waals surface area contributed by atoms with Crippen LogP contribution in [0.2, 0.25) is 0 Å². The molecule has 1 saturated heterocycles. The molecule has 1 aromatic rings. The summed E-state index contributed by atoms with van der Waals surface area (Å²) in [5.74, 6) is 0.230. The predicted octanol–water partition coefficient (Wildman–Crippen LogP) is 2.55. The maximum Gasteiger partial charge on any atom is 0.350 e. The first-order chi connectivity index (χ1) is 10.2. The van der Waals surface area contributed by atoms with Crippen LogP contribution < -0.4 is 16.4 Å². The van der Waals surface area contributed by atoms with Gasteiger partial charge in [0.25, 0.3) is 0 Å². The number of nitrogens with one attached hydrogen (secondary N) is 2. The molecule has 2 heterocycles. The summed E-state index contributed by atoms with van der Waals surface area (Å²) in [7, 11) is 0. The molecule has 3 rings (SSSR count). The van der Waals surface area contributed by atoms with Crippen LogP contribution in [0.3, 0.4) is 0 Å². The third-order valence-electron chi connectivity index (χ3n) is 4.10. The second-order valence-electron chi connectivity index (χ2n) is 5.75. The van der Waals surface area contributed by atoms with Crippen molar-refractivity contribution in [2.24, 2.45) is 0 Å². The Morgan fingerprint density at radius 2 is 2.10 bits per heavy atom. The highest BCUT2D eigenvalue weighted by Crippen LogP contribution is 2.51. The van der Waals surface area contributed by atoms with E-state index in [-0.39, 0.29) is 5.97 Å². The van der Waals surface area contributed by atoms with E-state index >= 15 is 0 Å². The van der Waals surface area contributed by atoms with Gasteiger partial charge in [0.15, 0.2) is 0 Å². The summed E-state index contributed by atoms with van der Waals surface area (Å²) in [6.45, 7) is 4.29. The first-order valence-electron chi connectivity index (χ1n) is 7.77. The van der Waals surface area contributed by atoms with Crippen LogP contribution in [-0.4, -0.2) is 31.7 Å². The number of piperidine rings is 1. The van der Waals surface area contributed by atoms with Crippen LogP contribution >= 0.6 is 11.3 Å². The zero-order valence-electron chi connectivity index (χ0n) is 12.4. The molecular formula is C15H23N3O2S. The summed E-state index contributed by atoms with van der Waals surface area (Å²) in [5, 5.41) is 8.07. The van der Waals surface area contributed by atoms with Gasteiger partial charge in [-0.05, 0) is 51.6 Å². The van der Waals surface area contributed by atoms with E-state index in [1.54, 1.807) is 0 Å². The first kappa shape index (κ1) is 14.7. The van der Waals surface area contributed by atoms with Gasteiger partial charge in [-0.2, -0.15) is 0 Å². The molecule has 0 unspecified atom stereocenters. The zero-order chi connectivity index (χ0) is 14.8. The van der Waals surface area contributed by atoms with Crippen molar-refractivity contribution in [1.29, 1.82) is 0 Å². The zero-order valence-corrected chi connectivity index (χ0v) is 13.2. The molecule has 0 amide bonds. The lowest BCUT2D eigenvalue weighted by Gasteiger charge is -2.24. The smallest absolute Gasteiger partial charge is 0.350 e. The maximum absolute atomic E-state index is 12.0. The number of thiophene rings is 1. The standard InChI is InChI=1S/C15H23N3O2S/c1-2-20-15(19)13-12(16)11(9-3-4-9)14(21-13)18-10-5-7-17-8-6-10/h9-10,17-18H,2-8,16H2,1H3. The molecule has 0 radical (unpaired) electrons. The number of hydrogen-bond acceptors (Lipinski definition) is 6. The van der Waals surface area contributed by atoms with Gasteiger partial charge >= 0.3 is 5.97 Å². The molecule has 1 aromatic heterocycles. The highest BCUT2D eigenvalue weighted by molar-refractivity contribution is 7.18. The van der Waals surface area contributed by atoms with Crippen LogP contribution in [0.25, 0.3) is 0 Å². The molecule has 2 aliphatic rings. The average Bonchev–Trinajstić information content (AvgIpc) is 3.25. The molecule has 5 nitrogen and oxygen atoms in total. The molecule has 0 spiro atoms. The number of hydrogen-bond donors (Lipinski definition) is 3. The summed E-state index contributed by atoms with van der Waals surface area (Å²) in [5.41, 5.74) is 8.03. The Balaban J connectivity index is 1.83. The normalized spacial score (nSPS) is 19.5. The highest BCUT2D eigenvalue weighted by Gasteiger charge is 2.34. The number of esters is 1. The van der Waals surface area contributed by atoms with Crippen molar-refractivity contribution in [3.63, 3.8) is 0 Å². The molecule has 116 valence electrons. The Morgan fingerprint density at radius 3 is 2.71 bits per heavy atom. The fraction of sp³-hybridized carbons (Fsp3) is 0.667. The lowest BCUT2D eigenvalue weighted by molar-refractivity contribution is 0.0533. The summed E-state index contributed by atoms with van der Waals surface area (Å²) >= 11 is 1.47. The Bertz CT molecular complexity index is 519. The van der Waals surface area contributed by atoms with E-state index in [0.717, 1.165) is 36.5 Å². The van der Waals surface area contributed by atoms with E-state index in [4.69, 9.17) is 10.5 Å². The van der Waals surface area contributed by atoms with Gasteiger partial charge in [0.1, 0.15) is 4.88 Å². The fourth-order valence-electron chi connectivity index (χ4n) is 2.84. The van der Waals surface area contributed by atoms with Crippen LogP contribution in [-0.2, 0) is 4.74 Å². The molecule has 4 N–H and O–H groups in total. The van der Waals surface area contributed by atoms with Crippen LogP contribution in [0, 0.1) is 0 Å². The van der Waals surface area contributed by atoms with E-state index in [1.165, 1.54) is 24.2 Å². The van der Waals surface area contributed by atoms with Gasteiger partial charge in [-0.3, -0.25) is 0 Å². The number of nitrogen functional groups attached to an aromatic ring is 1. The van der Waals surface area contributed by atoms with Gasteiger partial charge in [0.05, 0.1) is 17.3 Å². The number of carbonyl (C=O) groups excluding carboxylic acids is 1. The second kappa shape index (κ2) is 6.23. The topological polar surface area (TPSA) is 76.4 Å². The third kappa shape index (κ3) is 3.16. The summed E-state index contributed by atoms with van der Waals surface area (Å²) in [4.78, 5) is 12.6. The minimum Gasteiger partial charge on any atom is -0.462 e. The molecule has 0 bridgehead atoms. The largest absolute Gasteiger partial charge is 0.462 e. The van der Waals surface area contributed by atoms with Crippen LogP contribution in [0.5, 0.6) is 0 Å². The van der Waals surface area contributed by atoms with E-state index in [2.05, 4.69) is 10.6 Å². The summed E-state index contributed by atoms with van der Waals surface area (Å²) < 4.78 is 5.12. The lowest BCUT2D eigenvalue weighted by atomic mass is 10.1. The van der Waals surface area contributed by atoms with Crippen molar-refractivity contribution < 1.29 is 9.53 Å². The maximum atomic E-state index is 12.0. The quantitative estimate of drug-likeness (QED) is 0.729. The number of ether oxygens (including phenoxy) is 1. The second-order valence-corrected chi connectivity index (χ2v) is 6.77. The van der Waals surface area contributed by atoms with Gasteiger partial charge in [0.2, 0.25) is 0 Å². The molecule has 0 aromatic carbocycles. The van der Waals surface area contributed by atoms with Gasteiger partial charge in [-0.15, -0.1) is 11.3 Å². The van der Waals surface area contributed by atoms with Crippen molar-refractivity contribution in [2.75, 3.05) is 30.7 Å². The van der Waals surface area contributed by atoms with Crippen molar-refractivity contribution in [2.45, 2.75) is 44.6 Å². The van der Waals surface area contributed by atoms with Crippen molar-refractivity contribution in [3.8, 4) is 0 Å². The first-order valence-corrected chi connectivity index (χ1v) is 8.58. The van der Waals surface area contributed by atoms with E-state index in [1.807, 2.05) is 6.92 Å². The molecular weight excluding hydrogens is 286 g/mol. The number of rotatable bonds is 5. The van der Waals surface area contributed by atoms with E-state index < -0.39 is 0 Å². The van der Waals surface area contributed by atoms with Crippen LogP contribution in [0.4, 0.5) is 10.7 Å². The van der Waals surface area contributed by atoms with Gasteiger partial charge in [-0.1, -0.05) is 0 Å². The number of nitrogens with two attached hydrogens (primary N) is 1. The molecule has 6 heteroatoms. The molecule has 1 saturated carbocycles. The van der Waals surface area contributed by atoms with Crippen molar-refractivity contribution in [1.82, 2.24) is 5.32 Å². The van der Waals surface area contributed by atoms with Gasteiger partial charge in [-0.25, -0.2) is 4.79 Å². The predicted molar refractivity (Wildman–Crippen MR) is 86.2 cm³/mol. The van der Waals surface area contributed by atoms with Crippen LogP contribution in [0.15, 0.2) is 0 Å². The molecule has 21 heavy (non-hydrogen) atoms. The lowest BCUT2D eigenvalue weighted by Crippen LogP contribution is -2.35. The summed E-state index contributed by atoms with van der Waals surface area (Å²) in [6.07, 6.45) is 4.56. The molecule has 0 atom stereocenters. The minimum atomic E-state index is -0.291. The molecule has 1 aliphatic heterocycles. The fourth-order valence-corrected chi connectivity index (χ4v) is 4.02. The van der Waals surface area contributed by atoms with Gasteiger partial charge < -0.3 is 21.1 Å². The van der Waals surface area contributed by atoms with Crippen molar-refractivity contribution >= 4 is 28.0 Å². The number of anilines is 2. The van der Waals surface area contributed by atoms with E-state index in [0.29, 0.717) is 29.1 Å². The van der Waals surface area contributed by atoms with Gasteiger partial charge in [0, 0.05) is 11.6 Å². The Kier molecular flexibility index (Phi) is 4.35. The Labute approximate surface area is 129 Å². The highest BCUT2D eigenvalue weighted by atomic mass is 32.1. The number of carbonyl (C=O) groups is 1. The molecule has 1 aliphatic carbocycles. The van der Waals surface area contributed by atoms with Crippen molar-refractivity contribution in [3.05, 3.63) is 10.4 Å². The Morgan fingerprint density at radius 1 is 1.38 bits per heavy atom. The monoisotopic (exact) mass is 309 g/mol. The third-order valence-corrected chi connectivity index (χ3v) is 5.24. The SMILES string of the molecule is CCOC(=O)c1sc(NC2CCNCC2)c(C2CC2)c1N. The van der Waals surface area contributed by atoms with E-state index in [9.17, 15) is 4.79 Å². The minimum absolute atomic E-state index is 0.291. The van der Waals surface area contributed by atoms with Crippen LogP contribution in [0.1, 0.15) is 53.8 Å². The molecule has 2 fully saturated rings.